The van der Waals surface area contributed by atoms with Crippen molar-refractivity contribution in [3.05, 3.63) is 95.1 Å². The molecule has 0 unspecified atom stereocenters. The van der Waals surface area contributed by atoms with E-state index in [2.05, 4.69) is 20.9 Å². The minimum Gasteiger partial charge on any atom is -0.496 e. The molecule has 2 aliphatic rings. The van der Waals surface area contributed by atoms with E-state index >= 15 is 0 Å². The molecule has 10 heteroatoms. The zero-order valence-electron chi connectivity index (χ0n) is 21.3. The second kappa shape index (κ2) is 10.0. The van der Waals surface area contributed by atoms with Crippen LogP contribution in [0.25, 0.3) is 16.8 Å². The number of halogens is 1. The molecule has 0 bridgehead atoms. The Hall–Kier alpha value is -3.89. The van der Waals surface area contributed by atoms with Crippen LogP contribution in [0, 0.1) is 0 Å². The molecule has 0 saturated heterocycles. The highest BCUT2D eigenvalue weighted by Crippen LogP contribution is 2.40. The van der Waals surface area contributed by atoms with E-state index in [0.717, 1.165) is 20.8 Å². The largest absolute Gasteiger partial charge is 0.496 e. The van der Waals surface area contributed by atoms with E-state index in [4.69, 9.17) is 18.9 Å². The van der Waals surface area contributed by atoms with Crippen LogP contribution in [0.4, 0.5) is 0 Å². The molecule has 0 spiro atoms. The average molecular weight is 607 g/mol. The summed E-state index contributed by atoms with van der Waals surface area (Å²) in [6, 6.07) is 14.5. The summed E-state index contributed by atoms with van der Waals surface area (Å²) in [4.78, 5) is 32.6. The first kappa shape index (κ1) is 25.4. The van der Waals surface area contributed by atoms with Gasteiger partial charge >= 0.3 is 5.97 Å². The SMILES string of the molecule is CCOC(=O)C1=C(C)N=c2s/c(=C/c3cc4c(cc3Br)OCO4)c(=O)n2[C@@H]1c1c(OC)ccc2ccccc12. The van der Waals surface area contributed by atoms with Crippen molar-refractivity contribution in [1.82, 2.24) is 4.57 Å². The lowest BCUT2D eigenvalue weighted by Gasteiger charge is -2.27. The van der Waals surface area contributed by atoms with Gasteiger partial charge in [0.25, 0.3) is 5.56 Å². The molecule has 0 fully saturated rings. The molecule has 0 N–H and O–H groups in total. The molecule has 0 aliphatic carbocycles. The summed E-state index contributed by atoms with van der Waals surface area (Å²) in [7, 11) is 1.58. The monoisotopic (exact) mass is 606 g/mol. The lowest BCUT2D eigenvalue weighted by atomic mass is 9.90. The summed E-state index contributed by atoms with van der Waals surface area (Å²) in [5.74, 6) is 1.28. The van der Waals surface area contributed by atoms with Gasteiger partial charge < -0.3 is 18.9 Å². The second-order valence-electron chi connectivity index (χ2n) is 8.93. The summed E-state index contributed by atoms with van der Waals surface area (Å²) in [6.07, 6.45) is 1.79. The van der Waals surface area contributed by atoms with Gasteiger partial charge in [0.1, 0.15) is 11.8 Å². The number of aromatic nitrogens is 1. The van der Waals surface area contributed by atoms with Gasteiger partial charge in [0.05, 0.1) is 29.5 Å². The number of fused-ring (bicyclic) bond motifs is 3. The molecule has 6 rings (SSSR count). The third-order valence-electron chi connectivity index (χ3n) is 6.72. The van der Waals surface area contributed by atoms with Gasteiger partial charge in [-0.25, -0.2) is 9.79 Å². The summed E-state index contributed by atoms with van der Waals surface area (Å²) in [5.41, 5.74) is 1.97. The van der Waals surface area contributed by atoms with Gasteiger partial charge in [0, 0.05) is 10.0 Å². The Morgan fingerprint density at radius 3 is 2.74 bits per heavy atom. The van der Waals surface area contributed by atoms with Crippen molar-refractivity contribution in [1.29, 1.82) is 0 Å². The van der Waals surface area contributed by atoms with Crippen molar-refractivity contribution < 1.29 is 23.7 Å². The molecule has 4 aromatic rings. The number of hydrogen-bond donors (Lipinski definition) is 0. The van der Waals surface area contributed by atoms with Crippen LogP contribution in [0.1, 0.15) is 31.0 Å². The highest BCUT2D eigenvalue weighted by atomic mass is 79.9. The summed E-state index contributed by atoms with van der Waals surface area (Å²) >= 11 is 4.83. The molecule has 3 heterocycles. The van der Waals surface area contributed by atoms with Gasteiger partial charge in [-0.15, -0.1) is 0 Å². The number of methoxy groups -OCH3 is 1. The number of nitrogens with zero attached hydrogens (tertiary/aromatic N) is 2. The molecule has 39 heavy (non-hydrogen) atoms. The van der Waals surface area contributed by atoms with Crippen molar-refractivity contribution in [3.63, 3.8) is 0 Å². The van der Waals surface area contributed by atoms with Crippen LogP contribution in [0.5, 0.6) is 17.2 Å². The Morgan fingerprint density at radius 2 is 1.97 bits per heavy atom. The summed E-state index contributed by atoms with van der Waals surface area (Å²) in [6.45, 7) is 3.86. The van der Waals surface area contributed by atoms with Crippen LogP contribution in [0.2, 0.25) is 0 Å². The van der Waals surface area contributed by atoms with Crippen molar-refractivity contribution >= 4 is 50.1 Å². The first-order valence-corrected chi connectivity index (χ1v) is 13.9. The van der Waals surface area contributed by atoms with Crippen LogP contribution in [0.3, 0.4) is 0 Å². The smallest absolute Gasteiger partial charge is 0.338 e. The predicted octanol–water partition coefficient (Wildman–Crippen LogP) is 4.45. The first-order chi connectivity index (χ1) is 18.9. The second-order valence-corrected chi connectivity index (χ2v) is 10.8. The standard InChI is InChI=1S/C29H23BrN2O6S/c1-4-36-28(34)24-15(2)31-29-32(26(24)25-18-8-6-5-7-16(18)9-10-20(25)35-3)27(33)23(39-29)12-17-11-21-22(13-19(17)30)38-14-37-21/h5-13,26H,4,14H2,1-3H3/b23-12+/t26-/m0/s1. The maximum absolute atomic E-state index is 14.1. The van der Waals surface area contributed by atoms with Gasteiger partial charge in [-0.2, -0.15) is 0 Å². The Labute approximate surface area is 235 Å². The third kappa shape index (κ3) is 4.24. The maximum atomic E-state index is 14.1. The number of rotatable bonds is 5. The number of hydrogen-bond acceptors (Lipinski definition) is 8. The third-order valence-corrected chi connectivity index (χ3v) is 8.39. The Morgan fingerprint density at radius 1 is 1.21 bits per heavy atom. The van der Waals surface area contributed by atoms with Crippen LogP contribution in [-0.4, -0.2) is 31.0 Å². The molecule has 8 nitrogen and oxygen atoms in total. The van der Waals surface area contributed by atoms with E-state index in [9.17, 15) is 9.59 Å². The molecular weight excluding hydrogens is 584 g/mol. The normalized spacial score (nSPS) is 16.3. The van der Waals surface area contributed by atoms with Gasteiger partial charge in [0.15, 0.2) is 16.3 Å². The lowest BCUT2D eigenvalue weighted by Crippen LogP contribution is -2.40. The number of esters is 1. The Kier molecular flexibility index (Phi) is 6.52. The highest BCUT2D eigenvalue weighted by molar-refractivity contribution is 9.10. The van der Waals surface area contributed by atoms with Gasteiger partial charge in [-0.3, -0.25) is 9.36 Å². The van der Waals surface area contributed by atoms with Crippen molar-refractivity contribution in [2.45, 2.75) is 19.9 Å². The number of carbonyl (C=O) groups is 1. The molecular formula is C29H23BrN2O6S. The predicted molar refractivity (Wildman–Crippen MR) is 151 cm³/mol. The van der Waals surface area contributed by atoms with E-state index < -0.39 is 12.0 Å². The quantitative estimate of drug-likeness (QED) is 0.312. The number of allylic oxidation sites excluding steroid dienone is 1. The minimum atomic E-state index is -0.802. The number of thiazole rings is 1. The van der Waals surface area contributed by atoms with E-state index in [0.29, 0.717) is 43.4 Å². The van der Waals surface area contributed by atoms with E-state index in [1.807, 2.05) is 48.5 Å². The number of ether oxygens (including phenoxy) is 4. The van der Waals surface area contributed by atoms with Crippen molar-refractivity contribution in [2.75, 3.05) is 20.5 Å². The molecule has 198 valence electrons. The Balaban J connectivity index is 1.64. The zero-order valence-corrected chi connectivity index (χ0v) is 23.7. The van der Waals surface area contributed by atoms with Crippen LogP contribution in [0.15, 0.2) is 74.1 Å². The lowest BCUT2D eigenvalue weighted by molar-refractivity contribution is -0.139. The van der Waals surface area contributed by atoms with Gasteiger partial charge in [0.2, 0.25) is 6.79 Å². The van der Waals surface area contributed by atoms with Gasteiger partial charge in [-0.05, 0) is 54.5 Å². The fourth-order valence-corrected chi connectivity index (χ4v) is 6.46. The Bertz CT molecular complexity index is 1870. The van der Waals surface area contributed by atoms with Crippen LogP contribution in [-0.2, 0) is 9.53 Å². The van der Waals surface area contributed by atoms with E-state index in [1.165, 1.54) is 11.3 Å². The van der Waals surface area contributed by atoms with E-state index in [-0.39, 0.29) is 19.0 Å². The van der Waals surface area contributed by atoms with Crippen LogP contribution >= 0.6 is 27.3 Å². The molecule has 0 amide bonds. The van der Waals surface area contributed by atoms with Crippen LogP contribution < -0.4 is 29.1 Å². The first-order valence-electron chi connectivity index (χ1n) is 12.3. The topological polar surface area (TPSA) is 88.4 Å². The summed E-state index contributed by atoms with van der Waals surface area (Å²) < 4.78 is 25.0. The average Bonchev–Trinajstić information content (AvgIpc) is 3.50. The molecule has 1 atom stereocenters. The number of carbonyl (C=O) groups excluding carboxylic acids is 1. The van der Waals surface area contributed by atoms with Crippen molar-refractivity contribution in [3.8, 4) is 17.2 Å². The maximum Gasteiger partial charge on any atom is 0.338 e. The minimum absolute atomic E-state index is 0.149. The molecule has 3 aromatic carbocycles. The van der Waals surface area contributed by atoms with Gasteiger partial charge in [-0.1, -0.05) is 57.6 Å². The van der Waals surface area contributed by atoms with E-state index in [1.54, 1.807) is 31.6 Å². The van der Waals surface area contributed by atoms with Crippen molar-refractivity contribution in [2.24, 2.45) is 4.99 Å². The highest BCUT2D eigenvalue weighted by Gasteiger charge is 2.36. The molecule has 2 aliphatic heterocycles. The summed E-state index contributed by atoms with van der Waals surface area (Å²) in [5, 5.41) is 1.82. The molecule has 0 radical (unpaired) electrons. The fourth-order valence-electron chi connectivity index (χ4n) is 4.98. The fraction of sp³-hybridized carbons (Fsp3) is 0.207. The number of benzene rings is 3. The molecule has 0 saturated carbocycles. The zero-order chi connectivity index (χ0) is 27.3. The molecule has 1 aromatic heterocycles.